The smallest absolute Gasteiger partial charge is 0.339 e. The van der Waals surface area contributed by atoms with E-state index in [2.05, 4.69) is 0 Å². The van der Waals surface area contributed by atoms with Crippen LogP contribution >= 0.6 is 0 Å². The molecule has 0 spiro atoms. The van der Waals surface area contributed by atoms with Gasteiger partial charge in [0.25, 0.3) is 10.0 Å². The van der Waals surface area contributed by atoms with Crippen molar-refractivity contribution in [2.45, 2.75) is 24.8 Å². The van der Waals surface area contributed by atoms with Gasteiger partial charge in [-0.25, -0.2) is 21.6 Å². The second-order valence-electron chi connectivity index (χ2n) is 7.53. The molecule has 0 bridgehead atoms. The SMILES string of the molecule is CCOC(=O)C(O)c1c(-c2ccccc2)n(S(=O)(=O)c2ccc(C)cc2)c2ccc(F)cc12. The summed E-state index contributed by atoms with van der Waals surface area (Å²) in [5, 5.41) is 11.0. The van der Waals surface area contributed by atoms with E-state index < -0.39 is 27.9 Å². The maximum Gasteiger partial charge on any atom is 0.339 e. The van der Waals surface area contributed by atoms with Gasteiger partial charge < -0.3 is 9.84 Å². The van der Waals surface area contributed by atoms with Crippen LogP contribution in [0.15, 0.2) is 77.7 Å². The van der Waals surface area contributed by atoms with Crippen molar-refractivity contribution in [3.8, 4) is 11.3 Å². The minimum atomic E-state index is -4.19. The molecule has 1 N–H and O–H groups in total. The predicted octanol–water partition coefficient (Wildman–Crippen LogP) is 4.59. The number of ether oxygens (including phenoxy) is 1. The van der Waals surface area contributed by atoms with Crippen LogP contribution in [-0.2, 0) is 19.6 Å². The molecule has 170 valence electrons. The van der Waals surface area contributed by atoms with Gasteiger partial charge in [0.05, 0.1) is 22.7 Å². The summed E-state index contributed by atoms with van der Waals surface area (Å²) in [4.78, 5) is 12.5. The van der Waals surface area contributed by atoms with Crippen LogP contribution in [0, 0.1) is 12.7 Å². The maximum atomic E-state index is 14.3. The summed E-state index contributed by atoms with van der Waals surface area (Å²) in [6.07, 6.45) is -1.82. The largest absolute Gasteiger partial charge is 0.464 e. The lowest BCUT2D eigenvalue weighted by atomic mass is 10.0. The highest BCUT2D eigenvalue weighted by atomic mass is 32.2. The fourth-order valence-corrected chi connectivity index (χ4v) is 5.36. The summed E-state index contributed by atoms with van der Waals surface area (Å²) in [6, 6.07) is 18.4. The van der Waals surface area contributed by atoms with Gasteiger partial charge in [-0.05, 0) is 49.7 Å². The van der Waals surface area contributed by atoms with Crippen molar-refractivity contribution in [3.63, 3.8) is 0 Å². The second-order valence-corrected chi connectivity index (χ2v) is 9.31. The average molecular weight is 468 g/mol. The Balaban J connectivity index is 2.14. The number of halogens is 1. The molecule has 4 aromatic rings. The lowest BCUT2D eigenvalue weighted by Gasteiger charge is -2.16. The number of nitrogens with zero attached hydrogens (tertiary/aromatic N) is 1. The van der Waals surface area contributed by atoms with Crippen LogP contribution in [0.25, 0.3) is 22.2 Å². The number of rotatable bonds is 6. The fourth-order valence-electron chi connectivity index (χ4n) is 3.81. The molecule has 4 rings (SSSR count). The molecule has 6 nitrogen and oxygen atoms in total. The van der Waals surface area contributed by atoms with Gasteiger partial charge in [-0.3, -0.25) is 0 Å². The maximum absolute atomic E-state index is 14.3. The molecule has 0 amide bonds. The number of esters is 1. The molecule has 0 aliphatic rings. The molecule has 3 aromatic carbocycles. The van der Waals surface area contributed by atoms with Crippen molar-refractivity contribution in [2.75, 3.05) is 6.61 Å². The van der Waals surface area contributed by atoms with Crippen LogP contribution in [0.1, 0.15) is 24.2 Å². The van der Waals surface area contributed by atoms with E-state index >= 15 is 0 Å². The van der Waals surface area contributed by atoms with Crippen molar-refractivity contribution in [1.82, 2.24) is 3.97 Å². The van der Waals surface area contributed by atoms with Crippen LogP contribution in [0.2, 0.25) is 0 Å². The zero-order valence-corrected chi connectivity index (χ0v) is 18.8. The topological polar surface area (TPSA) is 85.6 Å². The number of carbonyl (C=O) groups excluding carboxylic acids is 1. The Hall–Kier alpha value is -3.49. The molecular weight excluding hydrogens is 445 g/mol. The Morgan fingerprint density at radius 2 is 1.73 bits per heavy atom. The Labute approximate surface area is 190 Å². The second kappa shape index (κ2) is 8.80. The van der Waals surface area contributed by atoms with E-state index in [9.17, 15) is 22.7 Å². The molecule has 0 aliphatic heterocycles. The van der Waals surface area contributed by atoms with E-state index in [0.29, 0.717) is 5.56 Å². The third-order valence-electron chi connectivity index (χ3n) is 5.32. The number of fused-ring (bicyclic) bond motifs is 1. The van der Waals surface area contributed by atoms with Gasteiger partial charge in [0.2, 0.25) is 0 Å². The number of benzene rings is 3. The fraction of sp³-hybridized carbons (Fsp3) is 0.160. The van der Waals surface area contributed by atoms with Crippen molar-refractivity contribution >= 4 is 26.9 Å². The number of aliphatic hydroxyl groups excluding tert-OH is 1. The van der Waals surface area contributed by atoms with Crippen molar-refractivity contribution < 1.29 is 27.4 Å². The van der Waals surface area contributed by atoms with Gasteiger partial charge in [0, 0.05) is 10.9 Å². The summed E-state index contributed by atoms with van der Waals surface area (Å²) in [5.74, 6) is -1.59. The van der Waals surface area contributed by atoms with E-state index in [4.69, 9.17) is 4.74 Å². The zero-order valence-electron chi connectivity index (χ0n) is 18.0. The molecule has 0 saturated carbocycles. The molecule has 0 radical (unpaired) electrons. The Morgan fingerprint density at radius 3 is 2.36 bits per heavy atom. The summed E-state index contributed by atoms with van der Waals surface area (Å²) < 4.78 is 48.0. The first-order valence-electron chi connectivity index (χ1n) is 10.3. The van der Waals surface area contributed by atoms with Gasteiger partial charge in [0.15, 0.2) is 6.10 Å². The first-order valence-corrected chi connectivity index (χ1v) is 11.8. The molecular formula is C25H22FNO5S. The number of hydrogen-bond donors (Lipinski definition) is 1. The third kappa shape index (κ3) is 4.03. The van der Waals surface area contributed by atoms with Crippen LogP contribution in [0.4, 0.5) is 4.39 Å². The van der Waals surface area contributed by atoms with Gasteiger partial charge >= 0.3 is 5.97 Å². The normalized spacial score (nSPS) is 12.6. The molecule has 1 heterocycles. The van der Waals surface area contributed by atoms with E-state index in [-0.39, 0.29) is 33.7 Å². The number of aliphatic hydroxyl groups is 1. The Kier molecular flexibility index (Phi) is 6.05. The average Bonchev–Trinajstić information content (AvgIpc) is 3.14. The Bertz CT molecular complexity index is 1430. The van der Waals surface area contributed by atoms with Crippen LogP contribution in [0.3, 0.4) is 0 Å². The third-order valence-corrected chi connectivity index (χ3v) is 7.04. The summed E-state index contributed by atoms with van der Waals surface area (Å²) in [6.45, 7) is 3.45. The van der Waals surface area contributed by atoms with Crippen LogP contribution in [0.5, 0.6) is 0 Å². The highest BCUT2D eigenvalue weighted by Crippen LogP contribution is 2.40. The van der Waals surface area contributed by atoms with E-state index in [1.165, 1.54) is 18.2 Å². The van der Waals surface area contributed by atoms with E-state index in [1.54, 1.807) is 49.4 Å². The molecule has 0 saturated heterocycles. The van der Waals surface area contributed by atoms with E-state index in [1.807, 2.05) is 6.92 Å². The van der Waals surface area contributed by atoms with Crippen LogP contribution < -0.4 is 0 Å². The van der Waals surface area contributed by atoms with E-state index in [0.717, 1.165) is 21.7 Å². The molecule has 1 atom stereocenters. The molecule has 33 heavy (non-hydrogen) atoms. The lowest BCUT2D eigenvalue weighted by molar-refractivity contribution is -0.153. The summed E-state index contributed by atoms with van der Waals surface area (Å²) >= 11 is 0. The van der Waals surface area contributed by atoms with Gasteiger partial charge in [-0.2, -0.15) is 0 Å². The highest BCUT2D eigenvalue weighted by Gasteiger charge is 2.33. The molecule has 0 fully saturated rings. The first kappa shape index (κ1) is 22.7. The van der Waals surface area contributed by atoms with Crippen molar-refractivity contribution in [1.29, 1.82) is 0 Å². The molecule has 1 aromatic heterocycles. The van der Waals surface area contributed by atoms with Crippen LogP contribution in [-0.4, -0.2) is 30.1 Å². The molecule has 1 unspecified atom stereocenters. The number of hydrogen-bond acceptors (Lipinski definition) is 5. The first-order chi connectivity index (χ1) is 15.8. The molecule has 0 aliphatic carbocycles. The van der Waals surface area contributed by atoms with Crippen molar-refractivity contribution in [3.05, 3.63) is 89.7 Å². The summed E-state index contributed by atoms with van der Waals surface area (Å²) in [7, 11) is -4.19. The van der Waals surface area contributed by atoms with Gasteiger partial charge in [-0.15, -0.1) is 0 Å². The predicted molar refractivity (Wildman–Crippen MR) is 123 cm³/mol. The number of aryl methyl sites for hydroxylation is 1. The Morgan fingerprint density at radius 1 is 1.06 bits per heavy atom. The standard InChI is InChI=1S/C25H22FNO5S/c1-3-32-25(29)24(28)22-20-15-18(26)11-14-21(20)27(23(22)17-7-5-4-6-8-17)33(30,31)19-12-9-16(2)10-13-19/h4-15,24,28H,3H2,1-2H3. The minimum Gasteiger partial charge on any atom is -0.464 e. The monoisotopic (exact) mass is 467 g/mol. The number of carbonyl (C=O) groups is 1. The zero-order chi connectivity index (χ0) is 23.8. The lowest BCUT2D eigenvalue weighted by Crippen LogP contribution is -2.18. The highest BCUT2D eigenvalue weighted by molar-refractivity contribution is 7.90. The van der Waals surface area contributed by atoms with Gasteiger partial charge in [-0.1, -0.05) is 48.0 Å². The summed E-state index contributed by atoms with van der Waals surface area (Å²) in [5.41, 5.74) is 1.48. The molecule has 8 heteroatoms. The van der Waals surface area contributed by atoms with Gasteiger partial charge in [0.1, 0.15) is 5.82 Å². The quantitative estimate of drug-likeness (QED) is 0.419. The van der Waals surface area contributed by atoms with Crippen molar-refractivity contribution in [2.24, 2.45) is 0 Å². The number of aromatic nitrogens is 1. The minimum absolute atomic E-state index is 0.0173.